The van der Waals surface area contributed by atoms with Gasteiger partial charge in [0.2, 0.25) is 0 Å². The van der Waals surface area contributed by atoms with Crippen LogP contribution in [0.4, 0.5) is 0 Å². The molecule has 1 aliphatic rings. The molecule has 7 heteroatoms. The molecule has 2 aromatic carbocycles. The van der Waals surface area contributed by atoms with E-state index in [1.54, 1.807) is 6.08 Å². The maximum Gasteiger partial charge on any atom is 0.263 e. The summed E-state index contributed by atoms with van der Waals surface area (Å²) in [4.78, 5) is 12.4. The molecule has 134 valence electrons. The summed E-state index contributed by atoms with van der Waals surface area (Å²) in [6.45, 7) is 2.80. The maximum absolute atomic E-state index is 11.8. The van der Waals surface area contributed by atoms with Gasteiger partial charge in [-0.25, -0.2) is 0 Å². The largest absolute Gasteiger partial charge is 0.490 e. The first-order chi connectivity index (χ1) is 12.5. The third-order valence-corrected chi connectivity index (χ3v) is 4.89. The first-order valence-electron chi connectivity index (χ1n) is 7.94. The summed E-state index contributed by atoms with van der Waals surface area (Å²) < 4.78 is 12.0. The molecule has 26 heavy (non-hydrogen) atoms. The average Bonchev–Trinajstić information content (AvgIpc) is 2.92. The van der Waals surface area contributed by atoms with Crippen LogP contribution in [0, 0.1) is 0 Å². The van der Waals surface area contributed by atoms with E-state index >= 15 is 0 Å². The van der Waals surface area contributed by atoms with Crippen LogP contribution >= 0.6 is 35.6 Å². The van der Waals surface area contributed by atoms with Gasteiger partial charge < -0.3 is 14.8 Å². The zero-order valence-corrected chi connectivity index (χ0v) is 16.3. The normalized spacial score (nSPS) is 15.2. The number of carbonyl (C=O) groups excluding carboxylic acids is 1. The molecule has 1 fully saturated rings. The number of nitrogens with one attached hydrogen (secondary N) is 1. The molecule has 0 radical (unpaired) electrons. The zero-order chi connectivity index (χ0) is 18.5. The summed E-state index contributed by atoms with van der Waals surface area (Å²) >= 11 is 12.3. The van der Waals surface area contributed by atoms with Gasteiger partial charge in [-0.2, -0.15) is 0 Å². The summed E-state index contributed by atoms with van der Waals surface area (Å²) in [5, 5.41) is 3.27. The highest BCUT2D eigenvalue weighted by atomic mass is 35.5. The van der Waals surface area contributed by atoms with Gasteiger partial charge in [-0.1, -0.05) is 53.8 Å². The molecule has 1 aliphatic heterocycles. The van der Waals surface area contributed by atoms with Crippen LogP contribution in [-0.2, 0) is 11.4 Å². The Balaban J connectivity index is 1.79. The second-order valence-electron chi connectivity index (χ2n) is 5.41. The molecule has 1 N–H and O–H groups in total. The SMILES string of the molecule is CCOc1cc(C=C2SC(=S)NC2=O)ccc1OCc1cccc(Cl)c1. The van der Waals surface area contributed by atoms with Gasteiger partial charge in [0.05, 0.1) is 11.5 Å². The monoisotopic (exact) mass is 405 g/mol. The lowest BCUT2D eigenvalue weighted by molar-refractivity contribution is -0.115. The Kier molecular flexibility index (Phi) is 6.19. The topological polar surface area (TPSA) is 47.6 Å². The third kappa shape index (κ3) is 4.78. The molecule has 0 atom stereocenters. The van der Waals surface area contributed by atoms with Crippen LogP contribution in [0.25, 0.3) is 6.08 Å². The first-order valence-corrected chi connectivity index (χ1v) is 9.54. The predicted octanol–water partition coefficient (Wildman–Crippen LogP) is 4.81. The van der Waals surface area contributed by atoms with Crippen molar-refractivity contribution >= 4 is 51.9 Å². The van der Waals surface area contributed by atoms with E-state index in [0.717, 1.165) is 11.1 Å². The third-order valence-electron chi connectivity index (χ3n) is 3.49. The highest BCUT2D eigenvalue weighted by molar-refractivity contribution is 8.26. The minimum atomic E-state index is -0.181. The van der Waals surface area contributed by atoms with E-state index in [9.17, 15) is 4.79 Å². The summed E-state index contributed by atoms with van der Waals surface area (Å²) in [6.07, 6.45) is 1.78. The number of rotatable bonds is 6. The molecular weight excluding hydrogens is 390 g/mol. The van der Waals surface area contributed by atoms with Crippen LogP contribution in [0.3, 0.4) is 0 Å². The fourth-order valence-electron chi connectivity index (χ4n) is 2.36. The Labute approximate surface area is 166 Å². The van der Waals surface area contributed by atoms with E-state index in [0.29, 0.717) is 39.0 Å². The van der Waals surface area contributed by atoms with E-state index in [1.807, 2.05) is 49.4 Å². The molecule has 2 aromatic rings. The van der Waals surface area contributed by atoms with Crippen molar-refractivity contribution in [2.45, 2.75) is 13.5 Å². The highest BCUT2D eigenvalue weighted by Crippen LogP contribution is 2.32. The fourth-order valence-corrected chi connectivity index (χ4v) is 3.62. The molecular formula is C19H16ClNO3S2. The van der Waals surface area contributed by atoms with Crippen molar-refractivity contribution in [3.63, 3.8) is 0 Å². The molecule has 0 bridgehead atoms. The number of hydrogen-bond donors (Lipinski definition) is 1. The van der Waals surface area contributed by atoms with Crippen LogP contribution in [0.2, 0.25) is 5.02 Å². The maximum atomic E-state index is 11.8. The van der Waals surface area contributed by atoms with E-state index < -0.39 is 0 Å². The molecule has 1 saturated heterocycles. The summed E-state index contributed by atoms with van der Waals surface area (Å²) in [5.74, 6) is 1.07. The number of halogens is 1. The van der Waals surface area contributed by atoms with Gasteiger partial charge in [-0.05, 0) is 48.4 Å². The number of amides is 1. The van der Waals surface area contributed by atoms with Crippen molar-refractivity contribution in [1.29, 1.82) is 0 Å². The number of carbonyl (C=O) groups is 1. The molecule has 1 amide bonds. The summed E-state index contributed by atoms with van der Waals surface area (Å²) in [6, 6.07) is 13.1. The number of thioether (sulfide) groups is 1. The Morgan fingerprint density at radius 3 is 2.73 bits per heavy atom. The van der Waals surface area contributed by atoms with Crippen molar-refractivity contribution in [3.8, 4) is 11.5 Å². The number of hydrogen-bond acceptors (Lipinski definition) is 5. The molecule has 0 saturated carbocycles. The quantitative estimate of drug-likeness (QED) is 0.552. The van der Waals surface area contributed by atoms with Crippen molar-refractivity contribution in [1.82, 2.24) is 5.32 Å². The van der Waals surface area contributed by atoms with Gasteiger partial charge in [0.15, 0.2) is 11.5 Å². The lowest BCUT2D eigenvalue weighted by Gasteiger charge is -2.13. The lowest BCUT2D eigenvalue weighted by Crippen LogP contribution is -2.17. The molecule has 1 heterocycles. The summed E-state index contributed by atoms with van der Waals surface area (Å²) in [5.41, 5.74) is 1.81. The van der Waals surface area contributed by atoms with Crippen LogP contribution in [0.5, 0.6) is 11.5 Å². The Morgan fingerprint density at radius 1 is 1.19 bits per heavy atom. The first kappa shape index (κ1) is 18.8. The Morgan fingerprint density at radius 2 is 2.04 bits per heavy atom. The van der Waals surface area contributed by atoms with Crippen LogP contribution in [-0.4, -0.2) is 16.8 Å². The van der Waals surface area contributed by atoms with Gasteiger partial charge >= 0.3 is 0 Å². The molecule has 0 aliphatic carbocycles. The van der Waals surface area contributed by atoms with E-state index in [1.165, 1.54) is 11.8 Å². The van der Waals surface area contributed by atoms with Gasteiger partial charge in [0.25, 0.3) is 5.91 Å². The minimum absolute atomic E-state index is 0.181. The van der Waals surface area contributed by atoms with Crippen molar-refractivity contribution in [2.75, 3.05) is 6.61 Å². The highest BCUT2D eigenvalue weighted by Gasteiger charge is 2.22. The average molecular weight is 406 g/mol. The molecule has 0 unspecified atom stereocenters. The van der Waals surface area contributed by atoms with Crippen molar-refractivity contribution < 1.29 is 14.3 Å². The van der Waals surface area contributed by atoms with Gasteiger partial charge in [-0.15, -0.1) is 0 Å². The number of ether oxygens (including phenoxy) is 2. The second kappa shape index (κ2) is 8.58. The van der Waals surface area contributed by atoms with E-state index in [4.69, 9.17) is 33.3 Å². The van der Waals surface area contributed by atoms with Crippen molar-refractivity contribution in [3.05, 3.63) is 63.5 Å². The smallest absolute Gasteiger partial charge is 0.263 e. The molecule has 4 nitrogen and oxygen atoms in total. The number of thiocarbonyl (C=S) groups is 1. The van der Waals surface area contributed by atoms with E-state index in [-0.39, 0.29) is 5.91 Å². The van der Waals surface area contributed by atoms with Crippen molar-refractivity contribution in [2.24, 2.45) is 0 Å². The second-order valence-corrected chi connectivity index (χ2v) is 7.57. The molecule has 0 aromatic heterocycles. The van der Waals surface area contributed by atoms with Crippen LogP contribution < -0.4 is 14.8 Å². The Hall–Kier alpha value is -2.02. The van der Waals surface area contributed by atoms with E-state index in [2.05, 4.69) is 5.32 Å². The molecule has 3 rings (SSSR count). The van der Waals surface area contributed by atoms with Gasteiger partial charge in [-0.3, -0.25) is 4.79 Å². The number of benzene rings is 2. The predicted molar refractivity (Wildman–Crippen MR) is 110 cm³/mol. The summed E-state index contributed by atoms with van der Waals surface area (Å²) in [7, 11) is 0. The van der Waals surface area contributed by atoms with Crippen LogP contribution in [0.1, 0.15) is 18.1 Å². The molecule has 0 spiro atoms. The standard InChI is InChI=1S/C19H16ClNO3S2/c1-2-23-16-9-12(10-17-18(22)21-19(25)26-17)6-7-15(16)24-11-13-4-3-5-14(20)8-13/h3-10H,2,11H2,1H3,(H,21,22,25). The Bertz CT molecular complexity index is 883. The van der Waals surface area contributed by atoms with Gasteiger partial charge in [0, 0.05) is 5.02 Å². The fraction of sp³-hybridized carbons (Fsp3) is 0.158. The minimum Gasteiger partial charge on any atom is -0.490 e. The zero-order valence-electron chi connectivity index (χ0n) is 14.0. The van der Waals surface area contributed by atoms with Gasteiger partial charge in [0.1, 0.15) is 10.9 Å². The van der Waals surface area contributed by atoms with Crippen LogP contribution in [0.15, 0.2) is 47.4 Å². The lowest BCUT2D eigenvalue weighted by atomic mass is 10.2.